The number of carbonyl (C=O) groups is 1. The van der Waals surface area contributed by atoms with Gasteiger partial charge in [-0.15, -0.1) is 0 Å². The van der Waals surface area contributed by atoms with Gasteiger partial charge in [-0.25, -0.2) is 13.8 Å². The first-order valence-electron chi connectivity index (χ1n) is 11.7. The van der Waals surface area contributed by atoms with Gasteiger partial charge in [-0.1, -0.05) is 19.1 Å². The summed E-state index contributed by atoms with van der Waals surface area (Å²) in [6.45, 7) is 3.79. The van der Waals surface area contributed by atoms with Gasteiger partial charge in [0.05, 0.1) is 24.6 Å². The number of nitrogens with one attached hydrogen (secondary N) is 1. The highest BCUT2D eigenvalue weighted by molar-refractivity contribution is 5.73. The molecule has 1 amide bonds. The molecule has 6 nitrogen and oxygen atoms in total. The number of nitrogens with zero attached hydrogens (tertiary/aromatic N) is 2. The van der Waals surface area contributed by atoms with E-state index in [1.165, 1.54) is 18.2 Å². The third kappa shape index (κ3) is 5.39. The number of carbonyl (C=O) groups excluding carboxylic acids is 1. The first kappa shape index (κ1) is 24.9. The average molecular weight is 482 g/mol. The van der Waals surface area contributed by atoms with Crippen LogP contribution in [0, 0.1) is 30.4 Å². The molecule has 3 aromatic rings. The van der Waals surface area contributed by atoms with Crippen LogP contribution in [0.1, 0.15) is 42.5 Å². The fourth-order valence-corrected chi connectivity index (χ4v) is 5.10. The van der Waals surface area contributed by atoms with E-state index in [2.05, 4.69) is 22.2 Å². The minimum absolute atomic E-state index is 0.0402. The fourth-order valence-electron chi connectivity index (χ4n) is 5.10. The number of aryl methyl sites for hydroxylation is 1. The summed E-state index contributed by atoms with van der Waals surface area (Å²) in [6, 6.07) is 9.25. The van der Waals surface area contributed by atoms with Crippen molar-refractivity contribution in [2.45, 2.75) is 45.3 Å². The highest BCUT2D eigenvalue weighted by Gasteiger charge is 2.37. The Balaban J connectivity index is 1.61. The van der Waals surface area contributed by atoms with Crippen LogP contribution < -0.4 is 5.32 Å². The van der Waals surface area contributed by atoms with Gasteiger partial charge in [-0.3, -0.25) is 9.78 Å². The van der Waals surface area contributed by atoms with Crippen LogP contribution in [0.5, 0.6) is 0 Å². The van der Waals surface area contributed by atoms with Crippen molar-refractivity contribution in [1.82, 2.24) is 9.97 Å². The van der Waals surface area contributed by atoms with E-state index in [4.69, 9.17) is 4.74 Å². The Morgan fingerprint density at radius 2 is 2.00 bits per heavy atom. The molecule has 3 unspecified atom stereocenters. The van der Waals surface area contributed by atoms with E-state index in [0.29, 0.717) is 29.8 Å². The van der Waals surface area contributed by atoms with E-state index in [1.807, 2.05) is 6.07 Å². The second-order valence-corrected chi connectivity index (χ2v) is 9.12. The summed E-state index contributed by atoms with van der Waals surface area (Å²) in [5.41, 5.74) is 2.72. The average Bonchev–Trinajstić information content (AvgIpc) is 2.85. The molecule has 184 valence electrons. The molecular weight excluding hydrogens is 452 g/mol. The summed E-state index contributed by atoms with van der Waals surface area (Å²) in [7, 11) is 0. The summed E-state index contributed by atoms with van der Waals surface area (Å²) in [6.07, 6.45) is 5.02. The third-order valence-corrected chi connectivity index (χ3v) is 6.88. The lowest BCUT2D eigenvalue weighted by atomic mass is 9.71. The third-order valence-electron chi connectivity index (χ3n) is 6.88. The molecule has 0 bridgehead atoms. The molecule has 4 atom stereocenters. The van der Waals surface area contributed by atoms with Crippen molar-refractivity contribution in [3.05, 3.63) is 77.2 Å². The largest absolute Gasteiger partial charge is 0.396 e. The standard InChI is InChI=1S/C27H29F2N3O3/c1-16-10-19(20-8-9-30-12-24(20)31-15-34)11-25(21(16)13-33)35-14-18-4-3-5-22(28)26(18)27-23(29)7-6-17(2)32-27/h3-9,12,15-16,19,21,25,33H,10-11,13-14H2,1-2H3,(H,31,34)/t16?,19?,21-,25?/m1/s1. The zero-order chi connectivity index (χ0) is 24.9. The van der Waals surface area contributed by atoms with Crippen molar-refractivity contribution in [2.24, 2.45) is 11.8 Å². The molecule has 2 heterocycles. The molecule has 0 radical (unpaired) electrons. The molecular formula is C27H29F2N3O3. The number of aliphatic hydroxyl groups excluding tert-OH is 1. The molecule has 1 aliphatic carbocycles. The number of amides is 1. The number of benzene rings is 1. The van der Waals surface area contributed by atoms with Crippen LogP contribution in [0.25, 0.3) is 11.3 Å². The molecule has 8 heteroatoms. The molecule has 0 saturated heterocycles. The van der Waals surface area contributed by atoms with Crippen LogP contribution in [0.4, 0.5) is 14.5 Å². The Hall–Kier alpha value is -3.23. The number of hydrogen-bond donors (Lipinski definition) is 2. The first-order chi connectivity index (χ1) is 16.9. The zero-order valence-corrected chi connectivity index (χ0v) is 19.7. The van der Waals surface area contributed by atoms with E-state index >= 15 is 0 Å². The zero-order valence-electron chi connectivity index (χ0n) is 19.7. The lowest BCUT2D eigenvalue weighted by Crippen LogP contribution is -2.38. The number of anilines is 1. The van der Waals surface area contributed by atoms with Crippen molar-refractivity contribution in [1.29, 1.82) is 0 Å². The van der Waals surface area contributed by atoms with Gasteiger partial charge >= 0.3 is 0 Å². The highest BCUT2D eigenvalue weighted by Crippen LogP contribution is 2.43. The van der Waals surface area contributed by atoms with Crippen molar-refractivity contribution < 1.29 is 23.4 Å². The van der Waals surface area contributed by atoms with E-state index < -0.39 is 11.6 Å². The predicted molar refractivity (Wildman–Crippen MR) is 129 cm³/mol. The minimum atomic E-state index is -0.602. The predicted octanol–water partition coefficient (Wildman–Crippen LogP) is 5.01. The van der Waals surface area contributed by atoms with Crippen LogP contribution in [0.2, 0.25) is 0 Å². The van der Waals surface area contributed by atoms with Crippen LogP contribution >= 0.6 is 0 Å². The van der Waals surface area contributed by atoms with E-state index in [9.17, 15) is 18.7 Å². The summed E-state index contributed by atoms with van der Waals surface area (Å²) in [5, 5.41) is 12.8. The lowest BCUT2D eigenvalue weighted by Gasteiger charge is -2.40. The van der Waals surface area contributed by atoms with Crippen molar-refractivity contribution in [2.75, 3.05) is 11.9 Å². The number of hydrogen-bond acceptors (Lipinski definition) is 5. The van der Waals surface area contributed by atoms with Crippen LogP contribution in [0.3, 0.4) is 0 Å². The van der Waals surface area contributed by atoms with Crippen molar-refractivity contribution in [3.8, 4) is 11.3 Å². The maximum absolute atomic E-state index is 14.9. The Kier molecular flexibility index (Phi) is 7.83. The molecule has 1 aliphatic rings. The Morgan fingerprint density at radius 3 is 2.77 bits per heavy atom. The van der Waals surface area contributed by atoms with E-state index in [0.717, 1.165) is 12.0 Å². The Labute approximate surface area is 203 Å². The normalized spacial score (nSPS) is 22.1. The monoisotopic (exact) mass is 481 g/mol. The number of rotatable bonds is 8. The second-order valence-electron chi connectivity index (χ2n) is 9.12. The minimum Gasteiger partial charge on any atom is -0.396 e. The van der Waals surface area contributed by atoms with Crippen molar-refractivity contribution in [3.63, 3.8) is 0 Å². The quantitative estimate of drug-likeness (QED) is 0.442. The van der Waals surface area contributed by atoms with Gasteiger partial charge in [0.15, 0.2) is 0 Å². The van der Waals surface area contributed by atoms with Gasteiger partial charge < -0.3 is 15.2 Å². The number of halogens is 2. The molecule has 0 aliphatic heterocycles. The number of aliphatic hydroxyl groups is 1. The Bertz CT molecular complexity index is 1190. The topological polar surface area (TPSA) is 84.3 Å². The van der Waals surface area contributed by atoms with Crippen LogP contribution in [-0.2, 0) is 16.1 Å². The van der Waals surface area contributed by atoms with Gasteiger partial charge in [-0.05, 0) is 67.0 Å². The SMILES string of the molecule is Cc1ccc(F)c(-c2c(F)cccc2COC2CC(c3ccncc3NC=O)CC(C)[C@H]2CO)n1. The maximum atomic E-state index is 14.9. The van der Waals surface area contributed by atoms with Gasteiger partial charge in [0.1, 0.15) is 17.3 Å². The summed E-state index contributed by atoms with van der Waals surface area (Å²) in [4.78, 5) is 19.4. The summed E-state index contributed by atoms with van der Waals surface area (Å²) in [5.74, 6) is -1.07. The first-order valence-corrected chi connectivity index (χ1v) is 11.7. The van der Waals surface area contributed by atoms with Crippen molar-refractivity contribution >= 4 is 12.1 Å². The highest BCUT2D eigenvalue weighted by atomic mass is 19.1. The van der Waals surface area contributed by atoms with Gasteiger partial charge in [0.25, 0.3) is 0 Å². The molecule has 2 N–H and O–H groups in total. The fraction of sp³-hybridized carbons (Fsp3) is 0.370. The smallest absolute Gasteiger partial charge is 0.211 e. The molecule has 35 heavy (non-hydrogen) atoms. The van der Waals surface area contributed by atoms with E-state index in [1.54, 1.807) is 31.5 Å². The van der Waals surface area contributed by atoms with Crippen LogP contribution in [-0.4, -0.2) is 34.2 Å². The number of ether oxygens (including phenoxy) is 1. The van der Waals surface area contributed by atoms with Gasteiger partial charge in [-0.2, -0.15) is 0 Å². The summed E-state index contributed by atoms with van der Waals surface area (Å²) < 4.78 is 35.8. The summed E-state index contributed by atoms with van der Waals surface area (Å²) >= 11 is 0. The lowest BCUT2D eigenvalue weighted by molar-refractivity contribution is -0.105. The number of pyridine rings is 2. The number of aromatic nitrogens is 2. The van der Waals surface area contributed by atoms with Crippen LogP contribution in [0.15, 0.2) is 48.8 Å². The Morgan fingerprint density at radius 1 is 1.17 bits per heavy atom. The molecule has 2 aromatic heterocycles. The molecule has 1 fully saturated rings. The molecule has 1 aromatic carbocycles. The molecule has 0 spiro atoms. The van der Waals surface area contributed by atoms with Gasteiger partial charge in [0, 0.05) is 30.0 Å². The van der Waals surface area contributed by atoms with Gasteiger partial charge in [0.2, 0.25) is 6.41 Å². The molecule has 4 rings (SSSR count). The molecule has 1 saturated carbocycles. The van der Waals surface area contributed by atoms with E-state index in [-0.39, 0.29) is 48.3 Å². The maximum Gasteiger partial charge on any atom is 0.211 e. The second kappa shape index (κ2) is 11.0.